The fraction of sp³-hybridized carbons (Fsp3) is 0.0833. The predicted molar refractivity (Wildman–Crippen MR) is 59.4 cm³/mol. The molecule has 0 saturated carbocycles. The predicted octanol–water partition coefficient (Wildman–Crippen LogP) is 1.10. The lowest BCUT2D eigenvalue weighted by Crippen LogP contribution is -2.19. The lowest BCUT2D eigenvalue weighted by molar-refractivity contribution is 0.112. The third kappa shape index (κ3) is 2.23. The van der Waals surface area contributed by atoms with Gasteiger partial charge >= 0.3 is 0 Å². The smallest absolute Gasteiger partial charge is 0.250 e. The molecule has 0 aliphatic rings. The number of rotatable bonds is 3. The van der Waals surface area contributed by atoms with Crippen molar-refractivity contribution in [3.8, 4) is 0 Å². The summed E-state index contributed by atoms with van der Waals surface area (Å²) in [6.07, 6.45) is 5.63. The van der Waals surface area contributed by atoms with Gasteiger partial charge in [0.15, 0.2) is 6.29 Å². The van der Waals surface area contributed by atoms with Gasteiger partial charge in [0.1, 0.15) is 0 Å². The number of aromatic nitrogens is 2. The Hall–Kier alpha value is -2.23. The van der Waals surface area contributed by atoms with Crippen molar-refractivity contribution in [2.45, 2.75) is 6.54 Å². The monoisotopic (exact) mass is 214 g/mol. The zero-order valence-electron chi connectivity index (χ0n) is 8.54. The van der Waals surface area contributed by atoms with Crippen molar-refractivity contribution in [2.75, 3.05) is 0 Å². The van der Waals surface area contributed by atoms with Gasteiger partial charge in [-0.1, -0.05) is 6.07 Å². The van der Waals surface area contributed by atoms with Crippen LogP contribution in [0.25, 0.3) is 0 Å². The van der Waals surface area contributed by atoms with Gasteiger partial charge in [-0.3, -0.25) is 14.6 Å². The summed E-state index contributed by atoms with van der Waals surface area (Å²) in [6, 6.07) is 6.59. The molecule has 2 aromatic heterocycles. The number of pyridine rings is 2. The first-order chi connectivity index (χ1) is 7.79. The van der Waals surface area contributed by atoms with Gasteiger partial charge in [-0.25, -0.2) is 0 Å². The summed E-state index contributed by atoms with van der Waals surface area (Å²) in [6.45, 7) is 0.425. The molecule has 0 unspecified atom stereocenters. The average molecular weight is 214 g/mol. The Kier molecular flexibility index (Phi) is 2.91. The van der Waals surface area contributed by atoms with Gasteiger partial charge < -0.3 is 4.57 Å². The number of hydrogen-bond donors (Lipinski definition) is 0. The minimum absolute atomic E-state index is 0.130. The number of nitrogens with zero attached hydrogens (tertiary/aromatic N) is 2. The van der Waals surface area contributed by atoms with Gasteiger partial charge in [-0.15, -0.1) is 0 Å². The van der Waals surface area contributed by atoms with E-state index in [2.05, 4.69) is 4.98 Å². The fourth-order valence-electron chi connectivity index (χ4n) is 1.43. The van der Waals surface area contributed by atoms with Crippen LogP contribution in [-0.2, 0) is 6.54 Å². The van der Waals surface area contributed by atoms with Gasteiger partial charge in [0.25, 0.3) is 5.56 Å². The highest BCUT2D eigenvalue weighted by Crippen LogP contribution is 1.99. The van der Waals surface area contributed by atoms with Gasteiger partial charge in [0, 0.05) is 30.2 Å². The molecule has 0 radical (unpaired) electrons. The molecule has 0 bridgehead atoms. The number of aldehydes is 1. The van der Waals surface area contributed by atoms with E-state index in [1.807, 2.05) is 12.1 Å². The molecule has 16 heavy (non-hydrogen) atoms. The number of carbonyl (C=O) groups excluding carboxylic acids is 1. The molecule has 4 heteroatoms. The van der Waals surface area contributed by atoms with E-state index in [1.165, 1.54) is 16.7 Å². The summed E-state index contributed by atoms with van der Waals surface area (Å²) < 4.78 is 1.49. The van der Waals surface area contributed by atoms with Crippen LogP contribution in [0.3, 0.4) is 0 Å². The first kappa shape index (κ1) is 10.3. The van der Waals surface area contributed by atoms with Gasteiger partial charge in [0.2, 0.25) is 0 Å². The van der Waals surface area contributed by atoms with E-state index in [9.17, 15) is 9.59 Å². The number of hydrogen-bond acceptors (Lipinski definition) is 3. The Morgan fingerprint density at radius 3 is 2.88 bits per heavy atom. The van der Waals surface area contributed by atoms with Crippen molar-refractivity contribution >= 4 is 6.29 Å². The minimum atomic E-state index is -0.130. The van der Waals surface area contributed by atoms with E-state index in [4.69, 9.17) is 0 Å². The standard InChI is InChI=1S/C12H10N2O2/c15-9-11-3-4-12(16)14(8-11)7-10-2-1-5-13-6-10/h1-6,8-9H,7H2. The molecular weight excluding hydrogens is 204 g/mol. The normalized spacial score (nSPS) is 10.0. The van der Waals surface area contributed by atoms with E-state index >= 15 is 0 Å². The third-order valence-electron chi connectivity index (χ3n) is 2.22. The Balaban J connectivity index is 2.34. The third-order valence-corrected chi connectivity index (χ3v) is 2.22. The lowest BCUT2D eigenvalue weighted by atomic mass is 10.2. The van der Waals surface area contributed by atoms with Crippen LogP contribution in [0.4, 0.5) is 0 Å². The molecule has 0 aliphatic heterocycles. The maximum Gasteiger partial charge on any atom is 0.250 e. The van der Waals surface area contributed by atoms with Crippen LogP contribution in [-0.4, -0.2) is 15.8 Å². The molecule has 2 aromatic rings. The molecule has 0 spiro atoms. The van der Waals surface area contributed by atoms with Crippen LogP contribution in [0.5, 0.6) is 0 Å². The lowest BCUT2D eigenvalue weighted by Gasteiger charge is -2.05. The van der Waals surface area contributed by atoms with Crippen molar-refractivity contribution in [2.24, 2.45) is 0 Å². The zero-order chi connectivity index (χ0) is 11.4. The maximum absolute atomic E-state index is 11.5. The van der Waals surface area contributed by atoms with E-state index in [0.29, 0.717) is 12.1 Å². The van der Waals surface area contributed by atoms with Crippen molar-refractivity contribution in [3.63, 3.8) is 0 Å². The fourth-order valence-corrected chi connectivity index (χ4v) is 1.43. The highest BCUT2D eigenvalue weighted by Gasteiger charge is 1.99. The Bertz CT molecular complexity index is 546. The molecule has 0 N–H and O–H groups in total. The van der Waals surface area contributed by atoms with Crippen molar-refractivity contribution in [3.05, 3.63) is 64.3 Å². The molecule has 0 amide bonds. The second kappa shape index (κ2) is 4.53. The summed E-state index contributed by atoms with van der Waals surface area (Å²) in [5.74, 6) is 0. The van der Waals surface area contributed by atoms with Gasteiger partial charge in [-0.05, 0) is 17.7 Å². The second-order valence-electron chi connectivity index (χ2n) is 3.41. The molecule has 0 aliphatic carbocycles. The quantitative estimate of drug-likeness (QED) is 0.719. The SMILES string of the molecule is O=Cc1ccc(=O)n(Cc2cccnc2)c1. The van der Waals surface area contributed by atoms with Crippen molar-refractivity contribution in [1.82, 2.24) is 9.55 Å². The van der Waals surface area contributed by atoms with Crippen molar-refractivity contribution < 1.29 is 4.79 Å². The highest BCUT2D eigenvalue weighted by molar-refractivity contribution is 5.73. The molecule has 2 heterocycles. The van der Waals surface area contributed by atoms with Crippen LogP contribution >= 0.6 is 0 Å². The Morgan fingerprint density at radius 2 is 2.19 bits per heavy atom. The van der Waals surface area contributed by atoms with E-state index < -0.39 is 0 Å². The molecular formula is C12H10N2O2. The average Bonchev–Trinajstić information content (AvgIpc) is 2.33. The largest absolute Gasteiger partial charge is 0.310 e. The zero-order valence-corrected chi connectivity index (χ0v) is 8.54. The Labute approximate surface area is 92.2 Å². The summed E-state index contributed by atoms with van der Waals surface area (Å²) in [5, 5.41) is 0. The first-order valence-corrected chi connectivity index (χ1v) is 4.84. The van der Waals surface area contributed by atoms with Crippen LogP contribution in [0.1, 0.15) is 15.9 Å². The molecule has 0 fully saturated rings. The maximum atomic E-state index is 11.5. The van der Waals surface area contributed by atoms with Crippen LogP contribution in [0.15, 0.2) is 47.7 Å². The van der Waals surface area contributed by atoms with E-state index in [-0.39, 0.29) is 5.56 Å². The molecule has 0 atom stereocenters. The summed E-state index contributed by atoms with van der Waals surface area (Å²) >= 11 is 0. The molecule has 0 aromatic carbocycles. The first-order valence-electron chi connectivity index (χ1n) is 4.84. The topological polar surface area (TPSA) is 52.0 Å². The summed E-state index contributed by atoms with van der Waals surface area (Å²) in [4.78, 5) is 26.1. The minimum Gasteiger partial charge on any atom is -0.310 e. The highest BCUT2D eigenvalue weighted by atomic mass is 16.1. The van der Waals surface area contributed by atoms with Crippen molar-refractivity contribution in [1.29, 1.82) is 0 Å². The summed E-state index contributed by atoms with van der Waals surface area (Å²) in [7, 11) is 0. The van der Waals surface area contributed by atoms with Crippen LogP contribution < -0.4 is 5.56 Å². The van der Waals surface area contributed by atoms with E-state index in [0.717, 1.165) is 11.8 Å². The molecule has 4 nitrogen and oxygen atoms in total. The van der Waals surface area contributed by atoms with Crippen LogP contribution in [0.2, 0.25) is 0 Å². The Morgan fingerprint density at radius 1 is 1.31 bits per heavy atom. The molecule has 2 rings (SSSR count). The van der Waals surface area contributed by atoms with Gasteiger partial charge in [0.05, 0.1) is 6.54 Å². The second-order valence-corrected chi connectivity index (χ2v) is 3.41. The molecule has 80 valence electrons. The number of carbonyl (C=O) groups is 1. The summed E-state index contributed by atoms with van der Waals surface area (Å²) in [5.41, 5.74) is 1.28. The van der Waals surface area contributed by atoms with Gasteiger partial charge in [-0.2, -0.15) is 0 Å². The molecule has 0 saturated heterocycles. The van der Waals surface area contributed by atoms with Crippen LogP contribution in [0, 0.1) is 0 Å². The van der Waals surface area contributed by atoms with E-state index in [1.54, 1.807) is 18.6 Å².